The van der Waals surface area contributed by atoms with Gasteiger partial charge in [0.25, 0.3) is 0 Å². The Morgan fingerprint density at radius 1 is 1.11 bits per heavy atom. The molecule has 2 atom stereocenters. The minimum atomic E-state index is -0.130. The van der Waals surface area contributed by atoms with E-state index < -0.39 is 0 Å². The number of H-pyrrole nitrogens is 1. The Hall–Kier alpha value is -3.84. The van der Waals surface area contributed by atoms with E-state index in [0.717, 1.165) is 84.2 Å². The maximum absolute atomic E-state index is 13.2. The zero-order valence-electron chi connectivity index (χ0n) is 21.6. The number of aryl methyl sites for hydroxylation is 1. The molecule has 2 aromatic carbocycles. The van der Waals surface area contributed by atoms with Crippen molar-refractivity contribution >= 4 is 22.5 Å². The summed E-state index contributed by atoms with van der Waals surface area (Å²) >= 11 is 0. The molecule has 7 rings (SSSR count). The molecule has 0 spiro atoms. The molecular weight excluding hydrogens is 476 g/mol. The van der Waals surface area contributed by atoms with Crippen LogP contribution in [0.4, 0.5) is 5.69 Å². The lowest BCUT2D eigenvalue weighted by Crippen LogP contribution is -2.26. The van der Waals surface area contributed by atoms with Crippen molar-refractivity contribution in [3.63, 3.8) is 0 Å². The van der Waals surface area contributed by atoms with Crippen molar-refractivity contribution in [2.45, 2.75) is 64.0 Å². The fraction of sp³-hybridized carbons (Fsp3) is 0.355. The number of Topliss-reactive ketones (excluding diaryl/α,β-unsaturated/α-hetero) is 1. The third-order valence-corrected chi connectivity index (χ3v) is 8.09. The minimum absolute atomic E-state index is 0.0961. The van der Waals surface area contributed by atoms with Crippen LogP contribution in [0.2, 0.25) is 0 Å². The molecule has 0 saturated carbocycles. The van der Waals surface area contributed by atoms with Gasteiger partial charge >= 0.3 is 6.01 Å². The van der Waals surface area contributed by atoms with Crippen LogP contribution in [0.25, 0.3) is 11.0 Å². The number of imidazole rings is 1. The highest BCUT2D eigenvalue weighted by Crippen LogP contribution is 2.47. The number of hydrogen-bond acceptors (Lipinski definition) is 5. The summed E-state index contributed by atoms with van der Waals surface area (Å²) in [5.74, 6) is 0.803. The van der Waals surface area contributed by atoms with Crippen LogP contribution in [0, 0.1) is 0 Å². The molecule has 7 heteroatoms. The van der Waals surface area contributed by atoms with Gasteiger partial charge in [0.15, 0.2) is 5.78 Å². The van der Waals surface area contributed by atoms with Crippen LogP contribution in [-0.4, -0.2) is 26.9 Å². The number of aromatic amines is 1. The van der Waals surface area contributed by atoms with E-state index in [1.807, 2.05) is 30.3 Å². The van der Waals surface area contributed by atoms with Crippen molar-refractivity contribution in [1.82, 2.24) is 14.5 Å². The van der Waals surface area contributed by atoms with Crippen LogP contribution in [0.1, 0.15) is 74.4 Å². The zero-order chi connectivity index (χ0) is 25.6. The number of ether oxygens (including phenoxy) is 2. The summed E-state index contributed by atoms with van der Waals surface area (Å²) in [5.41, 5.74) is 8.31. The Bertz CT molecular complexity index is 1560. The summed E-state index contributed by atoms with van der Waals surface area (Å²) in [4.78, 5) is 21.5. The van der Waals surface area contributed by atoms with Crippen LogP contribution >= 0.6 is 0 Å². The first-order valence-electron chi connectivity index (χ1n) is 13.8. The van der Waals surface area contributed by atoms with Gasteiger partial charge < -0.3 is 19.8 Å². The molecule has 2 unspecified atom stereocenters. The molecule has 3 aliphatic rings. The van der Waals surface area contributed by atoms with Crippen molar-refractivity contribution < 1.29 is 14.3 Å². The number of nitrogens with zero attached hydrogens (tertiary/aromatic N) is 2. The van der Waals surface area contributed by atoms with Gasteiger partial charge in [0.05, 0.1) is 16.7 Å². The molecule has 4 aromatic rings. The van der Waals surface area contributed by atoms with Gasteiger partial charge in [-0.3, -0.25) is 9.36 Å². The molecular formula is C31H32N4O3. The molecule has 1 aliphatic carbocycles. The number of aromatic nitrogens is 3. The van der Waals surface area contributed by atoms with Crippen LogP contribution in [-0.2, 0) is 16.0 Å². The molecule has 2 aliphatic heterocycles. The quantitative estimate of drug-likeness (QED) is 0.304. The van der Waals surface area contributed by atoms with Crippen molar-refractivity contribution in [3.05, 3.63) is 82.8 Å². The van der Waals surface area contributed by atoms with E-state index >= 15 is 0 Å². The molecule has 1 fully saturated rings. The van der Waals surface area contributed by atoms with Crippen molar-refractivity contribution in [2.24, 2.45) is 0 Å². The number of nitrogens with one attached hydrogen (secondary N) is 2. The monoisotopic (exact) mass is 508 g/mol. The molecule has 0 amide bonds. The highest BCUT2D eigenvalue weighted by molar-refractivity contribution is 6.01. The second kappa shape index (κ2) is 9.48. The van der Waals surface area contributed by atoms with Crippen molar-refractivity contribution in [3.8, 4) is 11.8 Å². The molecule has 0 bridgehead atoms. The second-order valence-electron chi connectivity index (χ2n) is 10.4. The number of rotatable bonds is 5. The maximum atomic E-state index is 13.2. The smallest absolute Gasteiger partial charge is 0.305 e. The third kappa shape index (κ3) is 3.84. The van der Waals surface area contributed by atoms with E-state index in [9.17, 15) is 4.79 Å². The topological polar surface area (TPSA) is 81.2 Å². The molecule has 1 saturated heterocycles. The lowest BCUT2D eigenvalue weighted by molar-refractivity contribution is -0.116. The van der Waals surface area contributed by atoms with E-state index in [-0.39, 0.29) is 17.9 Å². The number of hydrogen-bond donors (Lipinski definition) is 2. The summed E-state index contributed by atoms with van der Waals surface area (Å²) in [7, 11) is 0. The van der Waals surface area contributed by atoms with Crippen molar-refractivity contribution in [1.29, 1.82) is 0 Å². The fourth-order valence-corrected chi connectivity index (χ4v) is 6.28. The Kier molecular flexibility index (Phi) is 5.81. The average Bonchev–Trinajstić information content (AvgIpc) is 3.53. The van der Waals surface area contributed by atoms with Crippen LogP contribution < -0.4 is 10.1 Å². The highest BCUT2D eigenvalue weighted by Gasteiger charge is 2.36. The molecule has 2 N–H and O–H groups in total. The van der Waals surface area contributed by atoms with Gasteiger partial charge in [0.1, 0.15) is 12.0 Å². The zero-order valence-corrected chi connectivity index (χ0v) is 21.6. The molecule has 0 radical (unpaired) electrons. The predicted molar refractivity (Wildman–Crippen MR) is 147 cm³/mol. The number of fused-ring (bicyclic) bond motifs is 2. The Morgan fingerprint density at radius 2 is 2.03 bits per heavy atom. The van der Waals surface area contributed by atoms with Gasteiger partial charge in [-0.15, -0.1) is 0 Å². The number of ketones is 1. The second-order valence-corrected chi connectivity index (χ2v) is 10.4. The Balaban J connectivity index is 1.30. The predicted octanol–water partition coefficient (Wildman–Crippen LogP) is 6.98. The first-order valence-corrected chi connectivity index (χ1v) is 13.8. The fourth-order valence-electron chi connectivity index (χ4n) is 6.28. The number of benzene rings is 2. The van der Waals surface area contributed by atoms with E-state index in [4.69, 9.17) is 14.5 Å². The highest BCUT2D eigenvalue weighted by atomic mass is 16.5. The molecule has 194 valence electrons. The Morgan fingerprint density at radius 3 is 2.89 bits per heavy atom. The number of carbonyl (C=O) groups excluding carboxylic acids is 1. The van der Waals surface area contributed by atoms with Gasteiger partial charge in [0, 0.05) is 47.7 Å². The van der Waals surface area contributed by atoms with E-state index in [2.05, 4.69) is 46.2 Å². The van der Waals surface area contributed by atoms with Crippen LogP contribution in [0.15, 0.2) is 66.0 Å². The normalized spacial score (nSPS) is 21.2. The average molecular weight is 509 g/mol. The largest absolute Gasteiger partial charge is 0.425 e. The van der Waals surface area contributed by atoms with Crippen molar-refractivity contribution in [2.75, 3.05) is 11.9 Å². The number of allylic oxidation sites excluding steroid dienone is 2. The van der Waals surface area contributed by atoms with E-state index in [0.29, 0.717) is 18.2 Å². The number of para-hydroxylation sites is 2. The van der Waals surface area contributed by atoms with E-state index in [1.165, 1.54) is 5.69 Å². The standard InChI is InChI=1S/C31H32N4O3/c1-2-22-30-21(18-32-22)28(29-24(33-30)12-8-14-26(29)36)19-9-7-10-20(17-19)38-31-34-23-11-3-4-13-25(23)35(31)27-15-5-6-16-37-27/h3-4,7,9-11,13,17-18,27-28,32-33H,2,5-6,8,12,14-16H2,1H3. The SMILES string of the molecule is CCc1[nH]cc2c1NC1=C(C(=O)CCC1)C2c1cccc(Oc2nc3ccccc3n2C2CCCCO2)c1. The molecule has 38 heavy (non-hydrogen) atoms. The summed E-state index contributed by atoms with van der Waals surface area (Å²) in [6.07, 6.45) is 8.37. The van der Waals surface area contributed by atoms with Gasteiger partial charge in [-0.2, -0.15) is 4.98 Å². The molecule has 2 aromatic heterocycles. The first kappa shape index (κ1) is 23.3. The third-order valence-electron chi connectivity index (χ3n) is 8.09. The Labute approximate surface area is 221 Å². The molecule has 4 heterocycles. The lowest BCUT2D eigenvalue weighted by Gasteiger charge is -2.33. The first-order chi connectivity index (χ1) is 18.7. The maximum Gasteiger partial charge on any atom is 0.305 e. The molecule has 7 nitrogen and oxygen atoms in total. The number of carbonyl (C=O) groups is 1. The van der Waals surface area contributed by atoms with Crippen LogP contribution in [0.3, 0.4) is 0 Å². The van der Waals surface area contributed by atoms with Gasteiger partial charge in [0.2, 0.25) is 0 Å². The summed E-state index contributed by atoms with van der Waals surface area (Å²) in [5, 5.41) is 3.61. The summed E-state index contributed by atoms with van der Waals surface area (Å²) < 4.78 is 14.7. The van der Waals surface area contributed by atoms with Gasteiger partial charge in [-0.05, 0) is 68.4 Å². The van der Waals surface area contributed by atoms with Gasteiger partial charge in [-0.1, -0.05) is 31.2 Å². The minimum Gasteiger partial charge on any atom is -0.425 e. The van der Waals surface area contributed by atoms with Crippen LogP contribution in [0.5, 0.6) is 11.8 Å². The number of anilines is 1. The summed E-state index contributed by atoms with van der Waals surface area (Å²) in [6, 6.07) is 16.8. The summed E-state index contributed by atoms with van der Waals surface area (Å²) in [6.45, 7) is 2.89. The van der Waals surface area contributed by atoms with E-state index in [1.54, 1.807) is 0 Å². The lowest BCUT2D eigenvalue weighted by atomic mass is 9.76. The van der Waals surface area contributed by atoms with Gasteiger partial charge in [-0.25, -0.2) is 0 Å².